The van der Waals surface area contributed by atoms with Crippen LogP contribution >= 0.6 is 7.26 Å². The van der Waals surface area contributed by atoms with Gasteiger partial charge in [0.05, 0.1) is 0 Å². The molecule has 1 fully saturated rings. The highest BCUT2D eigenvalue weighted by Crippen LogP contribution is 2.65. The maximum Gasteiger partial charge on any atom is 0.379 e. The van der Waals surface area contributed by atoms with Crippen LogP contribution < -0.4 is 15.9 Å². The van der Waals surface area contributed by atoms with Crippen LogP contribution in [0.25, 0.3) is 0 Å². The molecule has 0 radical (unpaired) electrons. The van der Waals surface area contributed by atoms with Crippen molar-refractivity contribution in [3.63, 3.8) is 0 Å². The third kappa shape index (κ3) is 2.67. The number of rotatable bonds is 4. The largest absolute Gasteiger partial charge is 0.379 e. The summed E-state index contributed by atoms with van der Waals surface area (Å²) in [5.74, 6) is -14.2. The van der Waals surface area contributed by atoms with Crippen LogP contribution in [-0.2, 0) is 9.59 Å². The van der Waals surface area contributed by atoms with E-state index in [9.17, 15) is 27.2 Å². The minimum Gasteiger partial charge on any atom is -0.288 e. The smallest absolute Gasteiger partial charge is 0.288 e. The first-order valence-electron chi connectivity index (χ1n) is 9.15. The number of carbonyl (C=O) groups is 2. The van der Waals surface area contributed by atoms with Crippen molar-refractivity contribution in [1.82, 2.24) is 0 Å². The molecule has 30 heavy (non-hydrogen) atoms. The van der Waals surface area contributed by atoms with Crippen molar-refractivity contribution in [2.45, 2.75) is 17.5 Å². The van der Waals surface area contributed by atoms with Crippen molar-refractivity contribution in [2.75, 3.05) is 0 Å². The van der Waals surface area contributed by atoms with Gasteiger partial charge in [-0.1, -0.05) is 54.6 Å². The summed E-state index contributed by atoms with van der Waals surface area (Å²) in [5.41, 5.74) is -2.19. The van der Waals surface area contributed by atoms with E-state index >= 15 is 0 Å². The second kappa shape index (κ2) is 7.13. The Morgan fingerprint density at radius 1 is 0.533 bits per heavy atom. The van der Waals surface area contributed by atoms with Gasteiger partial charge in [0.15, 0.2) is 0 Å². The van der Waals surface area contributed by atoms with Crippen LogP contribution in [-0.4, -0.2) is 29.1 Å². The molecular formula is C23H16F4O2P+. The fraction of sp³-hybridized carbons (Fsp3) is 0.130. The molecule has 0 saturated heterocycles. The molecule has 0 aromatic heterocycles. The number of alkyl halides is 4. The highest BCUT2D eigenvalue weighted by molar-refractivity contribution is 7.97. The van der Waals surface area contributed by atoms with Gasteiger partial charge in [0.1, 0.15) is 23.2 Å². The topological polar surface area (TPSA) is 34.1 Å². The van der Waals surface area contributed by atoms with Gasteiger partial charge in [-0.25, -0.2) is 0 Å². The number of ketones is 2. The Balaban J connectivity index is 2.15. The van der Waals surface area contributed by atoms with Crippen LogP contribution in [0.15, 0.2) is 91.0 Å². The number of benzene rings is 3. The van der Waals surface area contributed by atoms with E-state index in [4.69, 9.17) is 0 Å². The zero-order chi connectivity index (χ0) is 21.6. The van der Waals surface area contributed by atoms with E-state index in [0.717, 1.165) is 0 Å². The molecule has 3 aromatic carbocycles. The molecule has 1 aliphatic carbocycles. The SMILES string of the molecule is O=C1C([P+](c2ccccc2)(c2ccccc2)c2ccccc2)C(=O)C(F)(F)C1(F)F. The monoisotopic (exact) mass is 431 g/mol. The minimum atomic E-state index is -5.06. The average molecular weight is 431 g/mol. The molecular weight excluding hydrogens is 415 g/mol. The van der Waals surface area contributed by atoms with Gasteiger partial charge in [0.25, 0.3) is 11.6 Å². The van der Waals surface area contributed by atoms with Gasteiger partial charge in [-0.2, -0.15) is 17.6 Å². The Morgan fingerprint density at radius 3 is 1.07 bits per heavy atom. The van der Waals surface area contributed by atoms with Crippen LogP contribution in [0.5, 0.6) is 0 Å². The van der Waals surface area contributed by atoms with Gasteiger partial charge in [-0.05, 0) is 36.4 Å². The summed E-state index contributed by atoms with van der Waals surface area (Å²) in [5, 5.41) is 1.22. The molecule has 1 saturated carbocycles. The fourth-order valence-corrected chi connectivity index (χ4v) is 8.75. The normalized spacial score (nSPS) is 18.5. The summed E-state index contributed by atoms with van der Waals surface area (Å²) in [6.07, 6.45) is 0. The molecule has 0 unspecified atom stereocenters. The molecule has 3 aromatic rings. The first kappa shape index (κ1) is 20.4. The summed E-state index contributed by atoms with van der Waals surface area (Å²) < 4.78 is 57.6. The summed E-state index contributed by atoms with van der Waals surface area (Å²) >= 11 is 0. The predicted molar refractivity (Wildman–Crippen MR) is 109 cm³/mol. The summed E-state index contributed by atoms with van der Waals surface area (Å²) in [7, 11) is -3.53. The van der Waals surface area contributed by atoms with Crippen molar-refractivity contribution in [2.24, 2.45) is 0 Å². The Hall–Kier alpha value is -2.85. The molecule has 7 heteroatoms. The van der Waals surface area contributed by atoms with Crippen molar-refractivity contribution >= 4 is 34.7 Å². The minimum absolute atomic E-state index is 0.405. The van der Waals surface area contributed by atoms with Gasteiger partial charge in [0, 0.05) is 0 Å². The lowest BCUT2D eigenvalue weighted by atomic mass is 10.2. The summed E-state index contributed by atoms with van der Waals surface area (Å²) in [6, 6.07) is 24.5. The number of hydrogen-bond acceptors (Lipinski definition) is 2. The summed E-state index contributed by atoms with van der Waals surface area (Å²) in [4.78, 5) is 25.6. The van der Waals surface area contributed by atoms with E-state index in [-0.39, 0.29) is 0 Å². The lowest BCUT2D eigenvalue weighted by Gasteiger charge is -2.30. The number of hydrogen-bond donors (Lipinski definition) is 0. The van der Waals surface area contributed by atoms with E-state index in [0.29, 0.717) is 15.9 Å². The molecule has 4 rings (SSSR count). The molecule has 0 N–H and O–H groups in total. The van der Waals surface area contributed by atoms with E-state index in [1.165, 1.54) is 0 Å². The first-order valence-corrected chi connectivity index (χ1v) is 11.0. The fourth-order valence-electron chi connectivity index (χ4n) is 4.01. The molecule has 0 heterocycles. The van der Waals surface area contributed by atoms with Gasteiger partial charge in [-0.3, -0.25) is 9.59 Å². The standard InChI is InChI=1S/C23H16F4O2P/c24-22(25)20(28)19(21(29)23(22,26)27)30(16-10-4-1-5-11-16,17-12-6-2-7-13-17)18-14-8-3-9-15-18/h1-15,19H/q+1. The Kier molecular flexibility index (Phi) is 4.86. The van der Waals surface area contributed by atoms with Crippen molar-refractivity contribution < 1.29 is 27.2 Å². The molecule has 0 amide bonds. The first-order chi connectivity index (χ1) is 14.3. The van der Waals surface area contributed by atoms with Crippen LogP contribution in [0.4, 0.5) is 17.6 Å². The molecule has 0 spiro atoms. The molecule has 1 aliphatic rings. The van der Waals surface area contributed by atoms with E-state index in [1.54, 1.807) is 91.0 Å². The molecule has 0 atom stereocenters. The maximum atomic E-state index is 14.4. The van der Waals surface area contributed by atoms with Gasteiger partial charge < -0.3 is 0 Å². The lowest BCUT2D eigenvalue weighted by Crippen LogP contribution is -2.45. The second-order valence-electron chi connectivity index (χ2n) is 7.01. The molecule has 0 aliphatic heterocycles. The van der Waals surface area contributed by atoms with Crippen molar-refractivity contribution in [3.05, 3.63) is 91.0 Å². The summed E-state index contributed by atoms with van der Waals surface area (Å²) in [6.45, 7) is 0. The third-order valence-electron chi connectivity index (χ3n) is 5.39. The number of halogens is 4. The Morgan fingerprint density at radius 2 is 0.800 bits per heavy atom. The Labute approximate surface area is 170 Å². The second-order valence-corrected chi connectivity index (χ2v) is 10.5. The van der Waals surface area contributed by atoms with E-state index in [1.807, 2.05) is 0 Å². The molecule has 2 nitrogen and oxygen atoms in total. The van der Waals surface area contributed by atoms with Crippen LogP contribution in [0.1, 0.15) is 0 Å². The van der Waals surface area contributed by atoms with Gasteiger partial charge in [-0.15, -0.1) is 0 Å². The highest BCUT2D eigenvalue weighted by atomic mass is 31.2. The van der Waals surface area contributed by atoms with Gasteiger partial charge >= 0.3 is 11.8 Å². The van der Waals surface area contributed by atoms with Crippen LogP contribution in [0.3, 0.4) is 0 Å². The van der Waals surface area contributed by atoms with Crippen molar-refractivity contribution in [1.29, 1.82) is 0 Å². The Bertz CT molecular complexity index is 963. The van der Waals surface area contributed by atoms with Gasteiger partial charge in [0.2, 0.25) is 5.66 Å². The average Bonchev–Trinajstić information content (AvgIpc) is 2.89. The lowest BCUT2D eigenvalue weighted by molar-refractivity contribution is -0.192. The van der Waals surface area contributed by atoms with Crippen LogP contribution in [0, 0.1) is 0 Å². The van der Waals surface area contributed by atoms with Crippen LogP contribution in [0.2, 0.25) is 0 Å². The van der Waals surface area contributed by atoms with E-state index in [2.05, 4.69) is 0 Å². The molecule has 0 bridgehead atoms. The number of carbonyl (C=O) groups excluding carboxylic acids is 2. The highest BCUT2D eigenvalue weighted by Gasteiger charge is 2.82. The third-order valence-corrected chi connectivity index (χ3v) is 9.97. The van der Waals surface area contributed by atoms with Crippen molar-refractivity contribution in [3.8, 4) is 0 Å². The zero-order valence-corrected chi connectivity index (χ0v) is 16.4. The zero-order valence-electron chi connectivity index (χ0n) is 15.5. The quantitative estimate of drug-likeness (QED) is 0.358. The van der Waals surface area contributed by atoms with E-state index < -0.39 is 36.3 Å². The number of Topliss-reactive ketones (excluding diaryl/α,β-unsaturated/α-hetero) is 2. The predicted octanol–water partition coefficient (Wildman–Crippen LogP) is 3.77. The maximum absolute atomic E-state index is 14.4. The molecule has 152 valence electrons.